The van der Waals surface area contributed by atoms with Crippen LogP contribution in [-0.4, -0.2) is 41.7 Å². The summed E-state index contributed by atoms with van der Waals surface area (Å²) in [4.78, 5) is 12.4. The average molecular weight is 312 g/mol. The molecular weight excluding hydrogens is 300 g/mol. The first-order chi connectivity index (χ1) is 9.83. The molecule has 0 aliphatic heterocycles. The SMILES string of the molecule is COC(=O)c1ccc(N)cc1S(=O)(=O)Nc1nnn(C)n1. The maximum atomic E-state index is 12.3. The van der Waals surface area contributed by atoms with Gasteiger partial charge < -0.3 is 10.5 Å². The summed E-state index contributed by atoms with van der Waals surface area (Å²) in [5, 5.41) is 10.7. The number of aryl methyl sites for hydroxylation is 1. The lowest BCUT2D eigenvalue weighted by molar-refractivity contribution is 0.0596. The Balaban J connectivity index is 2.48. The van der Waals surface area contributed by atoms with Crippen molar-refractivity contribution in [2.24, 2.45) is 7.05 Å². The number of hydrogen-bond acceptors (Lipinski definition) is 8. The zero-order valence-electron chi connectivity index (χ0n) is 11.1. The zero-order chi connectivity index (χ0) is 15.6. The number of nitrogens with two attached hydrogens (primary N) is 1. The predicted octanol–water partition coefficient (Wildman–Crippen LogP) is -0.620. The van der Waals surface area contributed by atoms with Gasteiger partial charge >= 0.3 is 5.97 Å². The number of nitrogens with zero attached hydrogens (tertiary/aromatic N) is 4. The van der Waals surface area contributed by atoms with Crippen molar-refractivity contribution < 1.29 is 17.9 Å². The van der Waals surface area contributed by atoms with E-state index in [4.69, 9.17) is 5.73 Å². The molecular formula is C10H12N6O4S. The van der Waals surface area contributed by atoms with Gasteiger partial charge in [0.2, 0.25) is 0 Å². The van der Waals surface area contributed by atoms with Crippen molar-refractivity contribution in [2.75, 3.05) is 17.6 Å². The molecule has 0 atom stereocenters. The Labute approximate surface area is 119 Å². The number of sulfonamides is 1. The molecule has 0 fully saturated rings. The Kier molecular flexibility index (Phi) is 3.76. The third kappa shape index (κ3) is 3.08. The van der Waals surface area contributed by atoms with Gasteiger partial charge in [-0.3, -0.25) is 0 Å². The molecule has 3 N–H and O–H groups in total. The highest BCUT2D eigenvalue weighted by atomic mass is 32.2. The second-order valence-corrected chi connectivity index (χ2v) is 5.61. The van der Waals surface area contributed by atoms with Crippen LogP contribution >= 0.6 is 0 Å². The lowest BCUT2D eigenvalue weighted by Crippen LogP contribution is -2.18. The van der Waals surface area contributed by atoms with Gasteiger partial charge in [0.05, 0.1) is 19.7 Å². The van der Waals surface area contributed by atoms with Gasteiger partial charge in [0.15, 0.2) is 0 Å². The van der Waals surface area contributed by atoms with E-state index in [0.717, 1.165) is 18.0 Å². The molecule has 1 aromatic carbocycles. The van der Waals surface area contributed by atoms with E-state index < -0.39 is 16.0 Å². The summed E-state index contributed by atoms with van der Waals surface area (Å²) in [5.41, 5.74) is 5.60. The van der Waals surface area contributed by atoms with E-state index in [1.807, 2.05) is 0 Å². The number of carbonyl (C=O) groups is 1. The number of aromatic nitrogens is 4. The maximum Gasteiger partial charge on any atom is 0.339 e. The number of hydrogen-bond donors (Lipinski definition) is 2. The molecule has 10 nitrogen and oxygen atoms in total. The lowest BCUT2D eigenvalue weighted by atomic mass is 10.2. The zero-order valence-corrected chi connectivity index (χ0v) is 12.0. The molecule has 0 aliphatic rings. The molecule has 2 rings (SSSR count). The van der Waals surface area contributed by atoms with E-state index in [1.165, 1.54) is 19.2 Å². The average Bonchev–Trinajstić information content (AvgIpc) is 2.82. The molecule has 0 saturated carbocycles. The highest BCUT2D eigenvalue weighted by Gasteiger charge is 2.24. The fraction of sp³-hybridized carbons (Fsp3) is 0.200. The summed E-state index contributed by atoms with van der Waals surface area (Å²) in [6.45, 7) is 0. The Morgan fingerprint density at radius 1 is 1.43 bits per heavy atom. The number of ether oxygens (including phenoxy) is 1. The maximum absolute atomic E-state index is 12.3. The van der Waals surface area contributed by atoms with Crippen LogP contribution in [0.2, 0.25) is 0 Å². The molecule has 0 spiro atoms. The van der Waals surface area contributed by atoms with E-state index >= 15 is 0 Å². The number of carbonyl (C=O) groups excluding carboxylic acids is 1. The van der Waals surface area contributed by atoms with Gasteiger partial charge in [-0.2, -0.15) is 4.80 Å². The van der Waals surface area contributed by atoms with Crippen LogP contribution in [-0.2, 0) is 21.8 Å². The number of rotatable bonds is 4. The van der Waals surface area contributed by atoms with Crippen molar-refractivity contribution in [1.29, 1.82) is 0 Å². The summed E-state index contributed by atoms with van der Waals surface area (Å²) >= 11 is 0. The minimum absolute atomic E-state index is 0.150. The van der Waals surface area contributed by atoms with E-state index in [-0.39, 0.29) is 22.1 Å². The number of methoxy groups -OCH3 is 1. The van der Waals surface area contributed by atoms with Crippen LogP contribution in [0.1, 0.15) is 10.4 Å². The second kappa shape index (κ2) is 5.36. The van der Waals surface area contributed by atoms with Crippen LogP contribution in [0.15, 0.2) is 23.1 Å². The van der Waals surface area contributed by atoms with Gasteiger partial charge in [0.25, 0.3) is 16.0 Å². The molecule has 21 heavy (non-hydrogen) atoms. The van der Waals surface area contributed by atoms with Gasteiger partial charge in [-0.1, -0.05) is 5.10 Å². The monoisotopic (exact) mass is 312 g/mol. The summed E-state index contributed by atoms with van der Waals surface area (Å²) < 4.78 is 31.3. The van der Waals surface area contributed by atoms with Crippen LogP contribution in [0.3, 0.4) is 0 Å². The van der Waals surface area contributed by atoms with Gasteiger partial charge in [0.1, 0.15) is 4.90 Å². The molecule has 11 heteroatoms. The quantitative estimate of drug-likeness (QED) is 0.561. The van der Waals surface area contributed by atoms with Crippen molar-refractivity contribution in [1.82, 2.24) is 20.2 Å². The highest BCUT2D eigenvalue weighted by molar-refractivity contribution is 7.92. The minimum Gasteiger partial charge on any atom is -0.465 e. The normalized spacial score (nSPS) is 11.1. The third-order valence-electron chi connectivity index (χ3n) is 2.43. The first kappa shape index (κ1) is 14.7. The number of nitrogens with one attached hydrogen (secondary N) is 1. The first-order valence-corrected chi connectivity index (χ1v) is 7.06. The third-order valence-corrected chi connectivity index (χ3v) is 3.80. The van der Waals surface area contributed by atoms with E-state index in [0.29, 0.717) is 0 Å². The van der Waals surface area contributed by atoms with Crippen LogP contribution < -0.4 is 10.5 Å². The van der Waals surface area contributed by atoms with Gasteiger partial charge in [-0.05, 0) is 23.4 Å². The molecule has 0 radical (unpaired) electrons. The van der Waals surface area contributed by atoms with Gasteiger partial charge in [-0.25, -0.2) is 17.9 Å². The topological polar surface area (TPSA) is 142 Å². The predicted molar refractivity (Wildman–Crippen MR) is 71.8 cm³/mol. The Morgan fingerprint density at radius 2 is 2.14 bits per heavy atom. The summed E-state index contributed by atoms with van der Waals surface area (Å²) in [6, 6.07) is 3.80. The van der Waals surface area contributed by atoms with E-state index in [1.54, 1.807) is 0 Å². The molecule has 0 saturated heterocycles. The molecule has 0 unspecified atom stereocenters. The fourth-order valence-corrected chi connectivity index (χ4v) is 2.70. The smallest absolute Gasteiger partial charge is 0.339 e. The molecule has 1 aromatic heterocycles. The van der Waals surface area contributed by atoms with Crippen molar-refractivity contribution in [3.8, 4) is 0 Å². The van der Waals surface area contributed by atoms with Crippen LogP contribution in [0, 0.1) is 0 Å². The molecule has 0 bridgehead atoms. The number of esters is 1. The molecule has 112 valence electrons. The molecule has 2 aromatic rings. The van der Waals surface area contributed by atoms with E-state index in [9.17, 15) is 13.2 Å². The fourth-order valence-electron chi connectivity index (χ4n) is 1.54. The van der Waals surface area contributed by atoms with Gasteiger partial charge in [-0.15, -0.1) is 5.10 Å². The van der Waals surface area contributed by atoms with Gasteiger partial charge in [0, 0.05) is 5.69 Å². The second-order valence-electron chi connectivity index (χ2n) is 3.96. The Hall–Kier alpha value is -2.69. The van der Waals surface area contributed by atoms with E-state index in [2.05, 4.69) is 24.9 Å². The number of anilines is 2. The number of nitrogen functional groups attached to an aromatic ring is 1. The Bertz CT molecular complexity index is 785. The standard InChI is InChI=1S/C10H12N6O4S/c1-16-13-10(12-15-16)14-21(18,19)8-5-6(11)3-4-7(8)9(17)20-2/h3-5H,11H2,1-2H3,(H,13,14). The Morgan fingerprint density at radius 3 is 2.71 bits per heavy atom. The van der Waals surface area contributed by atoms with Crippen LogP contribution in [0.4, 0.5) is 11.6 Å². The number of benzene rings is 1. The van der Waals surface area contributed by atoms with Crippen LogP contribution in [0.25, 0.3) is 0 Å². The van der Waals surface area contributed by atoms with Crippen molar-refractivity contribution in [3.05, 3.63) is 23.8 Å². The van der Waals surface area contributed by atoms with Crippen molar-refractivity contribution >= 4 is 27.6 Å². The molecule has 1 heterocycles. The molecule has 0 amide bonds. The van der Waals surface area contributed by atoms with Crippen LogP contribution in [0.5, 0.6) is 0 Å². The number of tetrazole rings is 1. The first-order valence-electron chi connectivity index (χ1n) is 5.58. The largest absolute Gasteiger partial charge is 0.465 e. The summed E-state index contributed by atoms with van der Waals surface area (Å²) in [7, 11) is -1.49. The van der Waals surface area contributed by atoms with Crippen molar-refractivity contribution in [2.45, 2.75) is 4.90 Å². The lowest BCUT2D eigenvalue weighted by Gasteiger charge is -2.09. The molecule has 0 aliphatic carbocycles. The highest BCUT2D eigenvalue weighted by Crippen LogP contribution is 2.21. The van der Waals surface area contributed by atoms with Crippen molar-refractivity contribution in [3.63, 3.8) is 0 Å². The summed E-state index contributed by atoms with van der Waals surface area (Å²) in [5.74, 6) is -1.03. The minimum atomic E-state index is -4.12. The summed E-state index contributed by atoms with van der Waals surface area (Å²) in [6.07, 6.45) is 0.